The molecule has 0 aromatic carbocycles. The van der Waals surface area contributed by atoms with Crippen LogP contribution in [0.1, 0.15) is 35.7 Å². The molecule has 32 heavy (non-hydrogen) atoms. The maximum atomic E-state index is 10.6. The molecule has 4 rings (SSSR count). The van der Waals surface area contributed by atoms with E-state index in [4.69, 9.17) is 28.9 Å². The Balaban J connectivity index is 0.000000360. The number of halogens is 3. The highest BCUT2D eigenvalue weighted by molar-refractivity contribution is 5.73. The van der Waals surface area contributed by atoms with Crippen molar-refractivity contribution in [2.24, 2.45) is 5.92 Å². The fourth-order valence-corrected chi connectivity index (χ4v) is 4.07. The lowest BCUT2D eigenvalue weighted by Gasteiger charge is -2.36. The fraction of sp³-hybridized carbons (Fsp3) is 0.619. The Hall–Kier alpha value is -2.37. The SMILES string of the molecule is COCC1c2c(cnn2CC2CCOCC2)CCN1Cc1ccoc1.O=C(O)C(F)(F)F. The highest BCUT2D eigenvalue weighted by Gasteiger charge is 2.38. The number of furan rings is 1. The molecule has 1 unspecified atom stereocenters. The summed E-state index contributed by atoms with van der Waals surface area (Å²) in [6.07, 6.45) is 3.85. The van der Waals surface area contributed by atoms with E-state index in [2.05, 4.69) is 15.8 Å². The summed E-state index contributed by atoms with van der Waals surface area (Å²) in [6, 6.07) is 2.28. The standard InChI is InChI=1S/C19H27N3O3.C2HF3O2/c1-23-14-18-19-17(2-6-21(18)11-16-5-9-25-13-16)10-20-22(19)12-15-3-7-24-8-4-15;3-2(4,5)1(6)7/h5,9-10,13,15,18H,2-4,6-8,11-12,14H2,1H3;(H,6,7). The summed E-state index contributed by atoms with van der Waals surface area (Å²) in [5.74, 6) is -2.10. The molecule has 1 saturated heterocycles. The molecule has 1 N–H and O–H groups in total. The van der Waals surface area contributed by atoms with E-state index in [0.29, 0.717) is 12.5 Å². The Kier molecular flexibility index (Phi) is 8.32. The van der Waals surface area contributed by atoms with E-state index in [9.17, 15) is 13.2 Å². The molecule has 1 fully saturated rings. The van der Waals surface area contributed by atoms with Gasteiger partial charge in [0.1, 0.15) is 0 Å². The lowest BCUT2D eigenvalue weighted by Crippen LogP contribution is -2.38. The van der Waals surface area contributed by atoms with E-state index in [-0.39, 0.29) is 6.04 Å². The van der Waals surface area contributed by atoms with Crippen molar-refractivity contribution in [2.75, 3.05) is 33.5 Å². The predicted octanol–water partition coefficient (Wildman–Crippen LogP) is 3.28. The van der Waals surface area contributed by atoms with Crippen LogP contribution in [0.3, 0.4) is 0 Å². The van der Waals surface area contributed by atoms with Crippen LogP contribution in [0.2, 0.25) is 0 Å². The van der Waals surface area contributed by atoms with Crippen LogP contribution in [0.5, 0.6) is 0 Å². The second kappa shape index (κ2) is 11.0. The maximum Gasteiger partial charge on any atom is 0.490 e. The van der Waals surface area contributed by atoms with Gasteiger partial charge in [0.05, 0.1) is 37.1 Å². The minimum atomic E-state index is -5.08. The van der Waals surface area contributed by atoms with Crippen LogP contribution in [0.4, 0.5) is 13.2 Å². The first kappa shape index (κ1) is 24.3. The van der Waals surface area contributed by atoms with Gasteiger partial charge in [-0.25, -0.2) is 4.79 Å². The third-order valence-electron chi connectivity index (χ3n) is 5.69. The molecule has 2 aromatic heterocycles. The van der Waals surface area contributed by atoms with Gasteiger partial charge in [0.15, 0.2) is 0 Å². The molecule has 11 heteroatoms. The van der Waals surface area contributed by atoms with Crippen LogP contribution in [-0.2, 0) is 33.8 Å². The van der Waals surface area contributed by atoms with Gasteiger partial charge in [0.2, 0.25) is 0 Å². The van der Waals surface area contributed by atoms with Crippen molar-refractivity contribution >= 4 is 5.97 Å². The Bertz CT molecular complexity index is 847. The van der Waals surface area contributed by atoms with E-state index in [1.54, 1.807) is 13.4 Å². The largest absolute Gasteiger partial charge is 0.490 e. The number of hydrogen-bond donors (Lipinski definition) is 1. The van der Waals surface area contributed by atoms with E-state index in [0.717, 1.165) is 52.1 Å². The van der Waals surface area contributed by atoms with Gasteiger partial charge in [-0.3, -0.25) is 9.58 Å². The van der Waals surface area contributed by atoms with Gasteiger partial charge in [-0.1, -0.05) is 0 Å². The molecule has 0 spiro atoms. The Morgan fingerprint density at radius 3 is 2.66 bits per heavy atom. The van der Waals surface area contributed by atoms with E-state index >= 15 is 0 Å². The second-order valence-electron chi connectivity index (χ2n) is 7.92. The number of nitrogens with zero attached hydrogens (tertiary/aromatic N) is 3. The Labute approximate surface area is 183 Å². The topological polar surface area (TPSA) is 90.0 Å². The molecule has 8 nitrogen and oxygen atoms in total. The van der Waals surface area contributed by atoms with Crippen molar-refractivity contribution in [2.45, 2.75) is 44.6 Å². The van der Waals surface area contributed by atoms with Crippen LogP contribution < -0.4 is 0 Å². The number of methoxy groups -OCH3 is 1. The zero-order valence-corrected chi connectivity index (χ0v) is 17.9. The number of rotatable bonds is 6. The molecule has 0 amide bonds. The number of aliphatic carboxylic acids is 1. The van der Waals surface area contributed by atoms with Gasteiger partial charge >= 0.3 is 12.1 Å². The van der Waals surface area contributed by atoms with Crippen molar-refractivity contribution in [3.05, 3.63) is 41.6 Å². The van der Waals surface area contributed by atoms with Crippen molar-refractivity contribution < 1.29 is 37.0 Å². The number of carboxylic acids is 1. The summed E-state index contributed by atoms with van der Waals surface area (Å²) < 4.78 is 50.3. The third-order valence-corrected chi connectivity index (χ3v) is 5.69. The number of carboxylic acid groups (broad SMARTS) is 1. The van der Waals surface area contributed by atoms with Gasteiger partial charge in [-0.05, 0) is 36.8 Å². The van der Waals surface area contributed by atoms with Crippen molar-refractivity contribution in [3.8, 4) is 0 Å². The first-order valence-corrected chi connectivity index (χ1v) is 10.5. The summed E-state index contributed by atoms with van der Waals surface area (Å²) in [4.78, 5) is 11.4. The monoisotopic (exact) mass is 459 g/mol. The summed E-state index contributed by atoms with van der Waals surface area (Å²) >= 11 is 0. The maximum absolute atomic E-state index is 10.6. The van der Waals surface area contributed by atoms with Crippen LogP contribution in [0.25, 0.3) is 0 Å². The molecule has 1 atom stereocenters. The Morgan fingerprint density at radius 1 is 1.34 bits per heavy atom. The number of ether oxygens (including phenoxy) is 2. The summed E-state index contributed by atoms with van der Waals surface area (Å²) in [5.41, 5.74) is 3.92. The van der Waals surface area contributed by atoms with E-state index in [1.165, 1.54) is 16.8 Å². The normalized spacial score (nSPS) is 19.8. The number of carbonyl (C=O) groups is 1. The molecule has 178 valence electrons. The number of aromatic nitrogens is 2. The highest BCUT2D eigenvalue weighted by Crippen LogP contribution is 2.32. The zero-order valence-electron chi connectivity index (χ0n) is 17.9. The van der Waals surface area contributed by atoms with Gasteiger partial charge in [-0.2, -0.15) is 18.3 Å². The van der Waals surface area contributed by atoms with Gasteiger partial charge < -0.3 is 19.0 Å². The predicted molar refractivity (Wildman–Crippen MR) is 107 cm³/mol. The van der Waals surface area contributed by atoms with Gasteiger partial charge in [0, 0.05) is 45.5 Å². The van der Waals surface area contributed by atoms with Crippen LogP contribution in [0.15, 0.2) is 29.2 Å². The van der Waals surface area contributed by atoms with E-state index < -0.39 is 12.1 Å². The number of alkyl halides is 3. The average Bonchev–Trinajstić information content (AvgIpc) is 3.41. The molecule has 0 saturated carbocycles. The molecule has 0 bridgehead atoms. The lowest BCUT2D eigenvalue weighted by atomic mass is 9.97. The first-order chi connectivity index (χ1) is 15.3. The molecule has 0 aliphatic carbocycles. The van der Waals surface area contributed by atoms with Gasteiger partial charge in [-0.15, -0.1) is 0 Å². The molecule has 2 aliphatic rings. The fourth-order valence-electron chi connectivity index (χ4n) is 4.07. The minimum Gasteiger partial charge on any atom is -0.475 e. The van der Waals surface area contributed by atoms with Crippen molar-refractivity contribution in [3.63, 3.8) is 0 Å². The van der Waals surface area contributed by atoms with Crippen LogP contribution in [-0.4, -0.2) is 65.4 Å². The smallest absolute Gasteiger partial charge is 0.475 e. The summed E-state index contributed by atoms with van der Waals surface area (Å²) in [5, 5.41) is 11.9. The average molecular weight is 459 g/mol. The molecular weight excluding hydrogens is 431 g/mol. The molecule has 0 radical (unpaired) electrons. The number of fused-ring (bicyclic) bond motifs is 1. The van der Waals surface area contributed by atoms with Crippen LogP contribution in [0, 0.1) is 5.92 Å². The Morgan fingerprint density at radius 2 is 2.06 bits per heavy atom. The first-order valence-electron chi connectivity index (χ1n) is 10.5. The van der Waals surface area contributed by atoms with Gasteiger partial charge in [0.25, 0.3) is 0 Å². The summed E-state index contributed by atoms with van der Waals surface area (Å²) in [6.45, 7) is 5.33. The summed E-state index contributed by atoms with van der Waals surface area (Å²) in [7, 11) is 1.78. The van der Waals surface area contributed by atoms with Crippen LogP contribution >= 0.6 is 0 Å². The zero-order chi connectivity index (χ0) is 23.1. The lowest BCUT2D eigenvalue weighted by molar-refractivity contribution is -0.192. The molecule has 4 heterocycles. The minimum absolute atomic E-state index is 0.242. The quantitative estimate of drug-likeness (QED) is 0.709. The molecular formula is C21H28F3N3O5. The number of hydrogen-bond acceptors (Lipinski definition) is 6. The highest BCUT2D eigenvalue weighted by atomic mass is 19.4. The second-order valence-corrected chi connectivity index (χ2v) is 7.92. The molecule has 2 aliphatic heterocycles. The van der Waals surface area contributed by atoms with Crippen molar-refractivity contribution in [1.29, 1.82) is 0 Å². The van der Waals surface area contributed by atoms with Crippen molar-refractivity contribution in [1.82, 2.24) is 14.7 Å². The third kappa shape index (κ3) is 6.33. The molecule has 2 aromatic rings. The van der Waals surface area contributed by atoms with E-state index in [1.807, 2.05) is 12.3 Å².